The Labute approximate surface area is 240 Å². The molecule has 1 saturated heterocycles. The fourth-order valence-corrected chi connectivity index (χ4v) is 5.07. The maximum absolute atomic E-state index is 12.5. The molecule has 230 valence electrons. The Morgan fingerprint density at radius 1 is 0.707 bits per heavy atom. The highest BCUT2D eigenvalue weighted by Gasteiger charge is 2.30. The van der Waals surface area contributed by atoms with Gasteiger partial charge in [0.05, 0.1) is 19.7 Å². The summed E-state index contributed by atoms with van der Waals surface area (Å²) in [6, 6.07) is 5.50. The number of hydrogen-bond donors (Lipinski definition) is 4. The summed E-state index contributed by atoms with van der Waals surface area (Å²) in [6.45, 7) is 5.79. The Balaban J connectivity index is 2.33. The fourth-order valence-electron chi connectivity index (χ4n) is 5.07. The van der Waals surface area contributed by atoms with E-state index in [1.54, 1.807) is 31.7 Å². The number of nitrogens with zero attached hydrogens (tertiary/aromatic N) is 4. The minimum absolute atomic E-state index is 0.199. The number of aliphatic carboxylic acids is 4. The number of ether oxygens (including phenoxy) is 1. The molecule has 1 aromatic rings. The lowest BCUT2D eigenvalue weighted by molar-refractivity contribution is -0.145. The van der Waals surface area contributed by atoms with Crippen molar-refractivity contribution in [1.82, 2.24) is 19.6 Å². The largest absolute Gasteiger partial charge is 0.494 e. The number of carbonyl (C=O) groups is 4. The van der Waals surface area contributed by atoms with Gasteiger partial charge in [-0.3, -0.25) is 38.8 Å². The molecule has 4 N–H and O–H groups in total. The van der Waals surface area contributed by atoms with Gasteiger partial charge in [0.2, 0.25) is 0 Å². The Morgan fingerprint density at radius 3 is 1.51 bits per heavy atom. The SMILES string of the molecule is CCCC(C(=O)O)N1CCN(CC(=O)O)CCN(C(Cc2ccc(OCC)cc2)C(=O)O)CCN(CC(=O)O)CC1. The van der Waals surface area contributed by atoms with Crippen molar-refractivity contribution in [3.63, 3.8) is 0 Å². The summed E-state index contributed by atoms with van der Waals surface area (Å²) in [4.78, 5) is 54.7. The van der Waals surface area contributed by atoms with Crippen molar-refractivity contribution in [3.8, 4) is 5.75 Å². The van der Waals surface area contributed by atoms with Gasteiger partial charge in [-0.15, -0.1) is 0 Å². The number of benzene rings is 1. The maximum Gasteiger partial charge on any atom is 0.321 e. The number of hydrogen-bond acceptors (Lipinski definition) is 9. The third-order valence-electron chi connectivity index (χ3n) is 7.21. The summed E-state index contributed by atoms with van der Waals surface area (Å²) in [6.07, 6.45) is 1.25. The van der Waals surface area contributed by atoms with E-state index in [1.807, 2.05) is 26.0 Å². The summed E-state index contributed by atoms with van der Waals surface area (Å²) in [5, 5.41) is 39.1. The van der Waals surface area contributed by atoms with E-state index in [2.05, 4.69) is 0 Å². The van der Waals surface area contributed by atoms with Crippen molar-refractivity contribution >= 4 is 23.9 Å². The van der Waals surface area contributed by atoms with Gasteiger partial charge in [0.1, 0.15) is 17.8 Å². The van der Waals surface area contributed by atoms with Crippen LogP contribution in [-0.4, -0.2) is 148 Å². The Morgan fingerprint density at radius 2 is 1.15 bits per heavy atom. The molecule has 1 heterocycles. The minimum Gasteiger partial charge on any atom is -0.494 e. The van der Waals surface area contributed by atoms with Crippen LogP contribution >= 0.6 is 0 Å². The molecule has 1 fully saturated rings. The zero-order valence-electron chi connectivity index (χ0n) is 24.0. The van der Waals surface area contributed by atoms with Crippen LogP contribution in [0.4, 0.5) is 0 Å². The van der Waals surface area contributed by atoms with E-state index in [-0.39, 0.29) is 71.9 Å². The number of carboxylic acid groups (broad SMARTS) is 4. The zero-order valence-corrected chi connectivity index (χ0v) is 24.0. The molecule has 1 aromatic carbocycles. The molecule has 2 unspecified atom stereocenters. The van der Waals surface area contributed by atoms with Crippen LogP contribution in [-0.2, 0) is 25.6 Å². The van der Waals surface area contributed by atoms with Crippen LogP contribution in [0, 0.1) is 0 Å². The molecule has 1 aliphatic heterocycles. The third kappa shape index (κ3) is 12.0. The van der Waals surface area contributed by atoms with E-state index in [0.29, 0.717) is 25.2 Å². The summed E-state index contributed by atoms with van der Waals surface area (Å²) in [7, 11) is 0. The van der Waals surface area contributed by atoms with Crippen LogP contribution < -0.4 is 4.74 Å². The highest BCUT2D eigenvalue weighted by Crippen LogP contribution is 2.17. The van der Waals surface area contributed by atoms with Crippen LogP contribution in [0.3, 0.4) is 0 Å². The topological polar surface area (TPSA) is 171 Å². The molecule has 1 aliphatic rings. The Kier molecular flexibility index (Phi) is 14.5. The average Bonchev–Trinajstić information content (AvgIpc) is 2.90. The molecule has 13 heteroatoms. The summed E-state index contributed by atoms with van der Waals surface area (Å²) < 4.78 is 5.47. The molecule has 13 nitrogen and oxygen atoms in total. The first-order valence-corrected chi connectivity index (χ1v) is 14.1. The summed E-state index contributed by atoms with van der Waals surface area (Å²) in [5.41, 5.74) is 0.794. The summed E-state index contributed by atoms with van der Waals surface area (Å²) in [5.74, 6) is -3.39. The fraction of sp³-hybridized carbons (Fsp3) is 0.643. The maximum atomic E-state index is 12.5. The molecule has 0 aliphatic carbocycles. The highest BCUT2D eigenvalue weighted by molar-refractivity contribution is 5.74. The number of carboxylic acids is 4. The number of rotatable bonds is 14. The van der Waals surface area contributed by atoms with Crippen molar-refractivity contribution in [1.29, 1.82) is 0 Å². The molecule has 0 saturated carbocycles. The van der Waals surface area contributed by atoms with Crippen molar-refractivity contribution in [2.45, 2.75) is 45.2 Å². The molecular weight excluding hydrogens is 536 g/mol. The molecule has 0 amide bonds. The van der Waals surface area contributed by atoms with Crippen LogP contribution in [0.1, 0.15) is 32.3 Å². The van der Waals surface area contributed by atoms with Gasteiger partial charge in [0.15, 0.2) is 0 Å². The molecule has 0 aromatic heterocycles. The lowest BCUT2D eigenvalue weighted by Gasteiger charge is -2.37. The molecule has 41 heavy (non-hydrogen) atoms. The quantitative estimate of drug-likeness (QED) is 0.243. The van der Waals surface area contributed by atoms with E-state index in [9.17, 15) is 39.6 Å². The van der Waals surface area contributed by atoms with Gasteiger partial charge in [-0.2, -0.15) is 0 Å². The highest BCUT2D eigenvalue weighted by atomic mass is 16.5. The van der Waals surface area contributed by atoms with Crippen LogP contribution in [0.2, 0.25) is 0 Å². The van der Waals surface area contributed by atoms with Crippen LogP contribution in [0.25, 0.3) is 0 Å². The second-order valence-electron chi connectivity index (χ2n) is 10.2. The first-order valence-electron chi connectivity index (χ1n) is 14.1. The van der Waals surface area contributed by atoms with Gasteiger partial charge in [-0.1, -0.05) is 25.5 Å². The van der Waals surface area contributed by atoms with E-state index in [0.717, 1.165) is 5.56 Å². The lowest BCUT2D eigenvalue weighted by Crippen LogP contribution is -2.53. The van der Waals surface area contributed by atoms with Crippen LogP contribution in [0.5, 0.6) is 5.75 Å². The Bertz CT molecular complexity index is 959. The smallest absolute Gasteiger partial charge is 0.321 e. The summed E-state index contributed by atoms with van der Waals surface area (Å²) >= 11 is 0. The van der Waals surface area contributed by atoms with Gasteiger partial charge in [-0.05, 0) is 37.5 Å². The van der Waals surface area contributed by atoms with Crippen molar-refractivity contribution < 1.29 is 44.3 Å². The minimum atomic E-state index is -1.03. The molecule has 0 spiro atoms. The van der Waals surface area contributed by atoms with Gasteiger partial charge in [0.25, 0.3) is 0 Å². The predicted molar refractivity (Wildman–Crippen MR) is 150 cm³/mol. The first-order chi connectivity index (χ1) is 19.5. The van der Waals surface area contributed by atoms with Crippen molar-refractivity contribution in [2.24, 2.45) is 0 Å². The second kappa shape index (κ2) is 17.5. The van der Waals surface area contributed by atoms with E-state index >= 15 is 0 Å². The lowest BCUT2D eigenvalue weighted by atomic mass is 10.0. The van der Waals surface area contributed by atoms with E-state index < -0.39 is 36.0 Å². The molecule has 0 bridgehead atoms. The molecular formula is C28H44N4O9. The predicted octanol–water partition coefficient (Wildman–Crippen LogP) is 0.725. The van der Waals surface area contributed by atoms with Gasteiger partial charge < -0.3 is 25.2 Å². The van der Waals surface area contributed by atoms with Crippen molar-refractivity contribution in [2.75, 3.05) is 72.1 Å². The van der Waals surface area contributed by atoms with Gasteiger partial charge >= 0.3 is 23.9 Å². The van der Waals surface area contributed by atoms with E-state index in [1.165, 1.54) is 0 Å². The molecule has 2 rings (SSSR count). The third-order valence-corrected chi connectivity index (χ3v) is 7.21. The molecule has 0 radical (unpaired) electrons. The molecule has 2 atom stereocenters. The zero-order chi connectivity index (χ0) is 30.4. The Hall–Kier alpha value is -3.26. The van der Waals surface area contributed by atoms with E-state index in [4.69, 9.17) is 4.74 Å². The second-order valence-corrected chi connectivity index (χ2v) is 10.2. The van der Waals surface area contributed by atoms with Crippen molar-refractivity contribution in [3.05, 3.63) is 29.8 Å². The van der Waals surface area contributed by atoms with Crippen LogP contribution in [0.15, 0.2) is 24.3 Å². The average molecular weight is 581 g/mol. The van der Waals surface area contributed by atoms with Gasteiger partial charge in [0, 0.05) is 52.4 Å². The normalized spacial score (nSPS) is 18.5. The first kappa shape index (κ1) is 33.9. The van der Waals surface area contributed by atoms with Gasteiger partial charge in [-0.25, -0.2) is 0 Å². The standard InChI is InChI=1S/C28H44N4O9/c1-3-5-23(27(37)38)31-14-10-29(19-25(33)34)12-16-32(17-13-30(11-15-31)20-26(35)36)24(28(39)40)18-21-6-8-22(9-7-21)41-4-2/h6-9,23-24H,3-5,10-20H2,1-2H3,(H,33,34)(H,35,36)(H,37,38)(H,39,40). The monoisotopic (exact) mass is 580 g/mol.